The van der Waals surface area contributed by atoms with Crippen LogP contribution in [0, 0.1) is 0 Å². The molecule has 0 spiro atoms. The fourth-order valence-corrected chi connectivity index (χ4v) is 3.82. The molecule has 0 radical (unpaired) electrons. The Morgan fingerprint density at radius 1 is 0.788 bits per heavy atom. The third kappa shape index (κ3) is 6.51. The third-order valence-corrected chi connectivity index (χ3v) is 5.69. The van der Waals surface area contributed by atoms with Gasteiger partial charge in [0.25, 0.3) is 11.8 Å². The van der Waals surface area contributed by atoms with Gasteiger partial charge in [0.05, 0.1) is 24.5 Å². The first-order chi connectivity index (χ1) is 16.2. The predicted molar refractivity (Wildman–Crippen MR) is 129 cm³/mol. The first kappa shape index (κ1) is 22.7. The smallest absolute Gasteiger partial charge is 0.255 e. The minimum absolute atomic E-state index is 0.206. The van der Waals surface area contributed by atoms with Crippen LogP contribution in [-0.2, 0) is 17.7 Å². The maximum Gasteiger partial charge on any atom is 0.255 e. The highest BCUT2D eigenvalue weighted by atomic mass is 16.5. The molecule has 6 nitrogen and oxygen atoms in total. The lowest BCUT2D eigenvalue weighted by atomic mass is 10.1. The van der Waals surface area contributed by atoms with Crippen molar-refractivity contribution in [1.82, 2.24) is 10.2 Å². The molecule has 4 rings (SSSR count). The standard InChI is InChI=1S/C27H29N3O3/c31-26(23-12-10-22(11-13-23)20-30-16-18-33-19-17-30)29-25-9-5-4-8-24(25)27(32)28-15-14-21-6-2-1-3-7-21/h1-13H,14-20H2,(H,28,32)(H,29,31). The van der Waals surface area contributed by atoms with Crippen molar-refractivity contribution in [3.05, 3.63) is 101 Å². The molecule has 6 heteroatoms. The fraction of sp³-hybridized carbons (Fsp3) is 0.259. The van der Waals surface area contributed by atoms with Crippen molar-refractivity contribution in [1.29, 1.82) is 0 Å². The molecule has 3 aromatic rings. The van der Waals surface area contributed by atoms with Gasteiger partial charge in [0, 0.05) is 31.7 Å². The first-order valence-corrected chi connectivity index (χ1v) is 11.3. The summed E-state index contributed by atoms with van der Waals surface area (Å²) in [5.74, 6) is -0.444. The molecule has 1 fully saturated rings. The minimum Gasteiger partial charge on any atom is -0.379 e. The van der Waals surface area contributed by atoms with Crippen LogP contribution in [-0.4, -0.2) is 49.6 Å². The topological polar surface area (TPSA) is 70.7 Å². The van der Waals surface area contributed by atoms with Crippen LogP contribution in [0.15, 0.2) is 78.9 Å². The molecule has 1 aliphatic rings. The second-order valence-corrected chi connectivity index (χ2v) is 8.08. The van der Waals surface area contributed by atoms with E-state index in [2.05, 4.69) is 15.5 Å². The lowest BCUT2D eigenvalue weighted by Gasteiger charge is -2.26. The summed E-state index contributed by atoms with van der Waals surface area (Å²) >= 11 is 0. The van der Waals surface area contributed by atoms with E-state index in [9.17, 15) is 9.59 Å². The van der Waals surface area contributed by atoms with Crippen molar-refractivity contribution in [2.24, 2.45) is 0 Å². The van der Waals surface area contributed by atoms with Crippen molar-refractivity contribution < 1.29 is 14.3 Å². The maximum absolute atomic E-state index is 12.8. The molecule has 1 saturated heterocycles. The molecule has 33 heavy (non-hydrogen) atoms. The van der Waals surface area contributed by atoms with E-state index in [0.717, 1.165) is 50.4 Å². The van der Waals surface area contributed by atoms with E-state index >= 15 is 0 Å². The highest BCUT2D eigenvalue weighted by Crippen LogP contribution is 2.17. The summed E-state index contributed by atoms with van der Waals surface area (Å²) in [6, 6.07) is 24.7. The molecule has 0 aliphatic carbocycles. The van der Waals surface area contributed by atoms with E-state index < -0.39 is 0 Å². The Kier molecular flexibility index (Phi) is 7.85. The van der Waals surface area contributed by atoms with E-state index in [-0.39, 0.29) is 11.8 Å². The Morgan fingerprint density at radius 3 is 2.24 bits per heavy atom. The van der Waals surface area contributed by atoms with Crippen LogP contribution < -0.4 is 10.6 Å². The third-order valence-electron chi connectivity index (χ3n) is 5.69. The number of morpholine rings is 1. The number of hydrogen-bond acceptors (Lipinski definition) is 4. The zero-order chi connectivity index (χ0) is 22.9. The number of carbonyl (C=O) groups is 2. The monoisotopic (exact) mass is 443 g/mol. The number of nitrogens with one attached hydrogen (secondary N) is 2. The zero-order valence-electron chi connectivity index (χ0n) is 18.6. The van der Waals surface area contributed by atoms with E-state index in [1.165, 1.54) is 0 Å². The van der Waals surface area contributed by atoms with Crippen LogP contribution in [0.25, 0.3) is 0 Å². The number of rotatable bonds is 8. The summed E-state index contributed by atoms with van der Waals surface area (Å²) in [6.45, 7) is 4.74. The van der Waals surface area contributed by atoms with Gasteiger partial charge >= 0.3 is 0 Å². The molecule has 0 atom stereocenters. The number of amides is 2. The molecule has 1 aliphatic heterocycles. The van der Waals surface area contributed by atoms with E-state index in [1.807, 2.05) is 60.7 Å². The van der Waals surface area contributed by atoms with Crippen molar-refractivity contribution >= 4 is 17.5 Å². The number of benzene rings is 3. The maximum atomic E-state index is 12.8. The van der Waals surface area contributed by atoms with Crippen molar-refractivity contribution in [2.75, 3.05) is 38.2 Å². The van der Waals surface area contributed by atoms with Gasteiger partial charge in [-0.2, -0.15) is 0 Å². The first-order valence-electron chi connectivity index (χ1n) is 11.3. The highest BCUT2D eigenvalue weighted by Gasteiger charge is 2.15. The molecule has 2 amide bonds. The number of hydrogen-bond donors (Lipinski definition) is 2. The molecule has 0 aromatic heterocycles. The predicted octanol–water partition coefficient (Wildman–Crippen LogP) is 3.74. The van der Waals surface area contributed by atoms with Gasteiger partial charge in [-0.15, -0.1) is 0 Å². The van der Waals surface area contributed by atoms with Crippen LogP contribution in [0.3, 0.4) is 0 Å². The van der Waals surface area contributed by atoms with Gasteiger partial charge in [-0.1, -0.05) is 54.6 Å². The molecule has 170 valence electrons. The normalized spacial score (nSPS) is 13.9. The van der Waals surface area contributed by atoms with Crippen LogP contribution in [0.4, 0.5) is 5.69 Å². The molecule has 0 bridgehead atoms. The zero-order valence-corrected chi connectivity index (χ0v) is 18.6. The lowest BCUT2D eigenvalue weighted by Crippen LogP contribution is -2.35. The Bertz CT molecular complexity index is 1060. The van der Waals surface area contributed by atoms with Crippen LogP contribution in [0.2, 0.25) is 0 Å². The molecular weight excluding hydrogens is 414 g/mol. The van der Waals surface area contributed by atoms with Gasteiger partial charge in [-0.05, 0) is 41.8 Å². The molecular formula is C27H29N3O3. The number of ether oxygens (including phenoxy) is 1. The van der Waals surface area contributed by atoms with Crippen LogP contribution in [0.5, 0.6) is 0 Å². The van der Waals surface area contributed by atoms with Gasteiger partial charge in [0.2, 0.25) is 0 Å². The number of carbonyl (C=O) groups excluding carboxylic acids is 2. The lowest BCUT2D eigenvalue weighted by molar-refractivity contribution is 0.0342. The number of para-hydroxylation sites is 1. The van der Waals surface area contributed by atoms with Crippen molar-refractivity contribution in [3.63, 3.8) is 0 Å². The van der Waals surface area contributed by atoms with E-state index in [1.54, 1.807) is 18.2 Å². The van der Waals surface area contributed by atoms with Crippen LogP contribution >= 0.6 is 0 Å². The summed E-state index contributed by atoms with van der Waals surface area (Å²) in [5, 5.41) is 5.83. The Balaban J connectivity index is 1.34. The second kappa shape index (κ2) is 11.4. The van der Waals surface area contributed by atoms with Crippen LogP contribution in [0.1, 0.15) is 31.8 Å². The summed E-state index contributed by atoms with van der Waals surface area (Å²) in [7, 11) is 0. The van der Waals surface area contributed by atoms with Gasteiger partial charge in [-0.3, -0.25) is 14.5 Å². The highest BCUT2D eigenvalue weighted by molar-refractivity contribution is 6.09. The SMILES string of the molecule is O=C(Nc1ccccc1C(=O)NCCc1ccccc1)c1ccc(CN2CCOCC2)cc1. The largest absolute Gasteiger partial charge is 0.379 e. The number of anilines is 1. The molecule has 1 heterocycles. The van der Waals surface area contributed by atoms with Gasteiger partial charge in [-0.25, -0.2) is 0 Å². The second-order valence-electron chi connectivity index (χ2n) is 8.08. The summed E-state index contributed by atoms with van der Waals surface area (Å²) in [4.78, 5) is 27.9. The summed E-state index contributed by atoms with van der Waals surface area (Å²) < 4.78 is 5.39. The average molecular weight is 444 g/mol. The van der Waals surface area contributed by atoms with E-state index in [4.69, 9.17) is 4.74 Å². The quantitative estimate of drug-likeness (QED) is 0.556. The Morgan fingerprint density at radius 2 is 1.48 bits per heavy atom. The van der Waals surface area contributed by atoms with Crippen molar-refractivity contribution in [2.45, 2.75) is 13.0 Å². The van der Waals surface area contributed by atoms with Crippen molar-refractivity contribution in [3.8, 4) is 0 Å². The van der Waals surface area contributed by atoms with Gasteiger partial charge < -0.3 is 15.4 Å². The molecule has 0 saturated carbocycles. The molecule has 2 N–H and O–H groups in total. The summed E-state index contributed by atoms with van der Waals surface area (Å²) in [5.41, 5.74) is 3.82. The summed E-state index contributed by atoms with van der Waals surface area (Å²) in [6.07, 6.45) is 0.748. The van der Waals surface area contributed by atoms with Gasteiger partial charge in [0.1, 0.15) is 0 Å². The van der Waals surface area contributed by atoms with Gasteiger partial charge in [0.15, 0.2) is 0 Å². The minimum atomic E-state index is -0.238. The average Bonchev–Trinajstić information content (AvgIpc) is 2.86. The van der Waals surface area contributed by atoms with E-state index in [0.29, 0.717) is 23.4 Å². The Labute approximate surface area is 194 Å². The molecule has 3 aromatic carbocycles. The molecule has 0 unspecified atom stereocenters. The Hall–Kier alpha value is -3.48. The fourth-order valence-electron chi connectivity index (χ4n) is 3.82. The number of nitrogens with zero attached hydrogens (tertiary/aromatic N) is 1.